The number of aliphatic imine (C=N–C) groups is 1. The summed E-state index contributed by atoms with van der Waals surface area (Å²) in [6.07, 6.45) is 1.69. The second-order valence-corrected chi connectivity index (χ2v) is 1.96. The van der Waals surface area contributed by atoms with E-state index in [0.717, 1.165) is 6.21 Å². The van der Waals surface area contributed by atoms with E-state index in [1.54, 1.807) is 6.92 Å². The van der Waals surface area contributed by atoms with E-state index in [2.05, 4.69) is 4.99 Å². The summed E-state index contributed by atoms with van der Waals surface area (Å²) in [7, 11) is 0. The van der Waals surface area contributed by atoms with E-state index < -0.39 is 12.2 Å². The number of aliphatic hydroxyl groups excluding tert-OH is 1. The summed E-state index contributed by atoms with van der Waals surface area (Å²) in [6, 6.07) is 0. The van der Waals surface area contributed by atoms with Crippen molar-refractivity contribution in [1.29, 1.82) is 0 Å². The Kier molecular flexibility index (Phi) is 4.14. The van der Waals surface area contributed by atoms with Gasteiger partial charge < -0.3 is 10.2 Å². The lowest BCUT2D eigenvalue weighted by molar-refractivity contribution is -0.132. The minimum atomic E-state index is -1.04. The van der Waals surface area contributed by atoms with Gasteiger partial charge in [-0.05, 0) is 13.8 Å². The number of hydrogen-bond donors (Lipinski definition) is 2. The first-order chi connectivity index (χ1) is 5.07. The molecule has 11 heavy (non-hydrogen) atoms. The van der Waals surface area contributed by atoms with E-state index >= 15 is 0 Å². The molecular weight excluding hydrogens is 146 g/mol. The highest BCUT2D eigenvalue weighted by Gasteiger charge is 2.01. The lowest BCUT2D eigenvalue weighted by Crippen LogP contribution is -2.03. The predicted molar refractivity (Wildman–Crippen MR) is 41.6 cm³/mol. The Morgan fingerprint density at radius 3 is 2.45 bits per heavy atom. The van der Waals surface area contributed by atoms with Crippen LogP contribution in [0.15, 0.2) is 16.6 Å². The summed E-state index contributed by atoms with van der Waals surface area (Å²) in [5.41, 5.74) is 0.0749. The molecule has 1 unspecified atom stereocenters. The standard InChI is InChI=1S/C7H11NO3/c1-3-6(7(10)11)4-8-5(2)9/h3-5,9H,1-2H3,(H,10,11)/b6-3+,8-4?. The zero-order chi connectivity index (χ0) is 8.85. The molecule has 1 atom stereocenters. The quantitative estimate of drug-likeness (QED) is 0.461. The largest absolute Gasteiger partial charge is 0.478 e. The number of carboxylic acid groups (broad SMARTS) is 1. The van der Waals surface area contributed by atoms with Gasteiger partial charge in [0.1, 0.15) is 6.23 Å². The molecule has 2 N–H and O–H groups in total. The average molecular weight is 157 g/mol. The second-order valence-electron chi connectivity index (χ2n) is 1.96. The molecule has 0 aromatic heterocycles. The molecule has 0 aliphatic heterocycles. The van der Waals surface area contributed by atoms with Crippen LogP contribution in [-0.2, 0) is 4.79 Å². The molecule has 0 fully saturated rings. The van der Waals surface area contributed by atoms with Crippen molar-refractivity contribution in [3.05, 3.63) is 11.6 Å². The third kappa shape index (κ3) is 4.27. The van der Waals surface area contributed by atoms with Crippen LogP contribution >= 0.6 is 0 Å². The van der Waals surface area contributed by atoms with Crippen molar-refractivity contribution in [3.63, 3.8) is 0 Å². The maximum atomic E-state index is 10.3. The van der Waals surface area contributed by atoms with Gasteiger partial charge in [-0.15, -0.1) is 0 Å². The van der Waals surface area contributed by atoms with Gasteiger partial charge in [0.25, 0.3) is 0 Å². The van der Waals surface area contributed by atoms with Crippen molar-refractivity contribution in [2.45, 2.75) is 20.1 Å². The van der Waals surface area contributed by atoms with Crippen LogP contribution in [0.25, 0.3) is 0 Å². The fraction of sp³-hybridized carbons (Fsp3) is 0.429. The van der Waals surface area contributed by atoms with E-state index in [9.17, 15) is 4.79 Å². The Hall–Kier alpha value is -1.16. The molecule has 0 rings (SSSR count). The third-order valence-corrected chi connectivity index (χ3v) is 0.987. The first-order valence-corrected chi connectivity index (χ1v) is 3.18. The van der Waals surface area contributed by atoms with Crippen LogP contribution < -0.4 is 0 Å². The fourth-order valence-electron chi connectivity index (χ4n) is 0.441. The summed E-state index contributed by atoms with van der Waals surface area (Å²) in [4.78, 5) is 13.8. The highest BCUT2D eigenvalue weighted by atomic mass is 16.4. The van der Waals surface area contributed by atoms with E-state index in [0.29, 0.717) is 0 Å². The Balaban J connectivity index is 4.22. The zero-order valence-electron chi connectivity index (χ0n) is 6.48. The number of allylic oxidation sites excluding steroid dienone is 1. The van der Waals surface area contributed by atoms with Gasteiger partial charge in [-0.25, -0.2) is 4.79 Å². The lowest BCUT2D eigenvalue weighted by Gasteiger charge is -1.94. The van der Waals surface area contributed by atoms with Crippen LogP contribution in [-0.4, -0.2) is 28.6 Å². The molecule has 0 aliphatic carbocycles. The van der Waals surface area contributed by atoms with Crippen molar-refractivity contribution in [2.75, 3.05) is 0 Å². The molecule has 0 aromatic rings. The zero-order valence-corrected chi connectivity index (χ0v) is 6.48. The number of nitrogens with zero attached hydrogens (tertiary/aromatic N) is 1. The number of aliphatic hydroxyl groups is 1. The molecule has 0 amide bonds. The number of aliphatic carboxylic acids is 1. The van der Waals surface area contributed by atoms with E-state index in [-0.39, 0.29) is 5.57 Å². The van der Waals surface area contributed by atoms with Gasteiger partial charge in [-0.1, -0.05) is 6.08 Å². The topological polar surface area (TPSA) is 69.9 Å². The number of hydrogen-bond acceptors (Lipinski definition) is 3. The minimum Gasteiger partial charge on any atom is -0.478 e. The molecule has 0 bridgehead atoms. The smallest absolute Gasteiger partial charge is 0.336 e. The van der Waals surface area contributed by atoms with Crippen molar-refractivity contribution in [2.24, 2.45) is 4.99 Å². The lowest BCUT2D eigenvalue weighted by atomic mass is 10.3. The summed E-state index contributed by atoms with van der Waals surface area (Å²) in [5.74, 6) is -1.04. The van der Waals surface area contributed by atoms with Gasteiger partial charge >= 0.3 is 5.97 Å². The van der Waals surface area contributed by atoms with Crippen molar-refractivity contribution >= 4 is 12.2 Å². The summed E-state index contributed by atoms with van der Waals surface area (Å²) >= 11 is 0. The summed E-state index contributed by atoms with van der Waals surface area (Å²) < 4.78 is 0. The molecule has 0 heterocycles. The highest BCUT2D eigenvalue weighted by molar-refractivity contribution is 6.08. The molecular formula is C7H11NO3. The molecule has 0 spiro atoms. The van der Waals surface area contributed by atoms with Crippen LogP contribution in [0, 0.1) is 0 Å². The molecule has 4 heteroatoms. The molecule has 0 aliphatic rings. The number of rotatable bonds is 3. The van der Waals surface area contributed by atoms with E-state index in [1.165, 1.54) is 13.0 Å². The fourth-order valence-corrected chi connectivity index (χ4v) is 0.441. The third-order valence-electron chi connectivity index (χ3n) is 0.987. The number of carboxylic acids is 1. The first-order valence-electron chi connectivity index (χ1n) is 3.18. The van der Waals surface area contributed by atoms with Crippen molar-refractivity contribution in [1.82, 2.24) is 0 Å². The van der Waals surface area contributed by atoms with Crippen LogP contribution in [0.2, 0.25) is 0 Å². The van der Waals surface area contributed by atoms with Gasteiger partial charge in [0, 0.05) is 6.21 Å². The Morgan fingerprint density at radius 2 is 2.18 bits per heavy atom. The average Bonchev–Trinajstić information content (AvgIpc) is 1.87. The normalized spacial score (nSPS) is 15.4. The van der Waals surface area contributed by atoms with Crippen molar-refractivity contribution in [3.8, 4) is 0 Å². The molecule has 0 saturated carbocycles. The van der Waals surface area contributed by atoms with Gasteiger partial charge in [0.05, 0.1) is 5.57 Å². The molecule has 62 valence electrons. The summed E-state index contributed by atoms with van der Waals surface area (Å²) in [6.45, 7) is 3.04. The minimum absolute atomic E-state index is 0.0749. The molecule has 4 nitrogen and oxygen atoms in total. The van der Waals surface area contributed by atoms with Crippen LogP contribution in [0.3, 0.4) is 0 Å². The van der Waals surface area contributed by atoms with Crippen molar-refractivity contribution < 1.29 is 15.0 Å². The Labute approximate surface area is 64.9 Å². The summed E-state index contributed by atoms with van der Waals surface area (Å²) in [5, 5.41) is 17.1. The SMILES string of the molecule is C/C=C(\C=NC(C)O)C(=O)O. The van der Waals surface area contributed by atoms with Gasteiger partial charge in [-0.3, -0.25) is 4.99 Å². The molecule has 0 radical (unpaired) electrons. The predicted octanol–water partition coefficient (Wildman–Crippen LogP) is 0.426. The Bertz CT molecular complexity index is 194. The van der Waals surface area contributed by atoms with E-state index in [1.807, 2.05) is 0 Å². The Morgan fingerprint density at radius 1 is 1.64 bits per heavy atom. The van der Waals surface area contributed by atoms with Crippen LogP contribution in [0.4, 0.5) is 0 Å². The van der Waals surface area contributed by atoms with Crippen LogP contribution in [0.5, 0.6) is 0 Å². The van der Waals surface area contributed by atoms with Gasteiger partial charge in [0.15, 0.2) is 0 Å². The number of carbonyl (C=O) groups is 1. The molecule has 0 aromatic carbocycles. The maximum absolute atomic E-state index is 10.3. The van der Waals surface area contributed by atoms with Crippen LogP contribution in [0.1, 0.15) is 13.8 Å². The van der Waals surface area contributed by atoms with E-state index in [4.69, 9.17) is 10.2 Å². The first kappa shape index (κ1) is 9.84. The van der Waals surface area contributed by atoms with Gasteiger partial charge in [-0.2, -0.15) is 0 Å². The second kappa shape index (κ2) is 4.62. The van der Waals surface area contributed by atoms with Gasteiger partial charge in [0.2, 0.25) is 0 Å². The maximum Gasteiger partial charge on any atom is 0.336 e. The highest BCUT2D eigenvalue weighted by Crippen LogP contribution is 1.91. The molecule has 0 saturated heterocycles. The monoisotopic (exact) mass is 157 g/mol.